The number of ketones is 1. The highest BCUT2D eigenvalue weighted by molar-refractivity contribution is 5.80. The van der Waals surface area contributed by atoms with Crippen LogP contribution < -0.4 is 0 Å². The molecular formula is C9H14O. The summed E-state index contributed by atoms with van der Waals surface area (Å²) in [6, 6.07) is 0. The molecule has 1 nitrogen and oxygen atoms in total. The first-order valence-electron chi connectivity index (χ1n) is 3.81. The number of hydrogen-bond donors (Lipinski definition) is 0. The third kappa shape index (κ3) is 1.28. The Balaban J connectivity index is 2.66. The van der Waals surface area contributed by atoms with Gasteiger partial charge in [-0.1, -0.05) is 26.0 Å². The van der Waals surface area contributed by atoms with Crippen LogP contribution in [0.15, 0.2) is 12.2 Å². The second kappa shape index (κ2) is 2.57. The van der Waals surface area contributed by atoms with Crippen LogP contribution in [0.1, 0.15) is 26.7 Å². The maximum Gasteiger partial charge on any atom is 0.134 e. The molecule has 1 aliphatic rings. The Kier molecular flexibility index (Phi) is 1.93. The number of rotatable bonds is 0. The van der Waals surface area contributed by atoms with Gasteiger partial charge in [0.05, 0.1) is 0 Å². The fourth-order valence-corrected chi connectivity index (χ4v) is 1.51. The van der Waals surface area contributed by atoms with Gasteiger partial charge in [0.25, 0.3) is 0 Å². The van der Waals surface area contributed by atoms with E-state index in [4.69, 9.17) is 0 Å². The smallest absolute Gasteiger partial charge is 0.134 e. The van der Waals surface area contributed by atoms with E-state index < -0.39 is 0 Å². The molecule has 0 heterocycles. The average Bonchev–Trinajstić information content (AvgIpc) is 1.82. The van der Waals surface area contributed by atoms with Crippen molar-refractivity contribution in [2.45, 2.75) is 26.7 Å². The van der Waals surface area contributed by atoms with Gasteiger partial charge >= 0.3 is 0 Å². The zero-order valence-electron chi connectivity index (χ0n) is 6.68. The van der Waals surface area contributed by atoms with E-state index in [1.165, 1.54) is 5.57 Å². The molecule has 0 amide bonds. The van der Waals surface area contributed by atoms with Gasteiger partial charge in [-0.25, -0.2) is 0 Å². The molecule has 1 saturated carbocycles. The van der Waals surface area contributed by atoms with Gasteiger partial charge in [0.2, 0.25) is 0 Å². The molecule has 0 radical (unpaired) electrons. The van der Waals surface area contributed by atoms with E-state index in [0.29, 0.717) is 30.5 Å². The van der Waals surface area contributed by atoms with Crippen LogP contribution in [0, 0.1) is 11.8 Å². The zero-order chi connectivity index (χ0) is 7.72. The van der Waals surface area contributed by atoms with Gasteiger partial charge in [0.15, 0.2) is 0 Å². The van der Waals surface area contributed by atoms with Crippen molar-refractivity contribution >= 4 is 5.78 Å². The molecule has 0 spiro atoms. The van der Waals surface area contributed by atoms with Crippen molar-refractivity contribution in [3.05, 3.63) is 12.2 Å². The summed E-state index contributed by atoms with van der Waals surface area (Å²) in [5, 5.41) is 0. The summed E-state index contributed by atoms with van der Waals surface area (Å²) >= 11 is 0. The van der Waals surface area contributed by atoms with E-state index >= 15 is 0 Å². The molecule has 0 N–H and O–H groups in total. The quantitative estimate of drug-likeness (QED) is 0.469. The first kappa shape index (κ1) is 7.52. The number of carbonyl (C=O) groups excluding carboxylic acids is 1. The fraction of sp³-hybridized carbons (Fsp3) is 0.667. The first-order valence-corrected chi connectivity index (χ1v) is 3.81. The highest BCUT2D eigenvalue weighted by Crippen LogP contribution is 2.29. The third-order valence-electron chi connectivity index (χ3n) is 2.33. The molecule has 10 heavy (non-hydrogen) atoms. The number of hydrogen-bond acceptors (Lipinski definition) is 1. The molecule has 0 aromatic carbocycles. The van der Waals surface area contributed by atoms with Crippen molar-refractivity contribution in [2.75, 3.05) is 0 Å². The van der Waals surface area contributed by atoms with Crippen LogP contribution in [-0.2, 0) is 4.79 Å². The Morgan fingerprint density at radius 1 is 1.30 bits per heavy atom. The van der Waals surface area contributed by atoms with Crippen molar-refractivity contribution in [1.82, 2.24) is 0 Å². The number of allylic oxidation sites excluding steroid dienone is 1. The molecule has 0 bridgehead atoms. The van der Waals surface area contributed by atoms with E-state index in [1.807, 2.05) is 0 Å². The minimum Gasteiger partial charge on any atom is -0.300 e. The zero-order valence-corrected chi connectivity index (χ0v) is 6.68. The van der Waals surface area contributed by atoms with Crippen LogP contribution in [0.25, 0.3) is 0 Å². The van der Waals surface area contributed by atoms with Gasteiger partial charge in [-0.2, -0.15) is 0 Å². The molecule has 0 saturated heterocycles. The van der Waals surface area contributed by atoms with Gasteiger partial charge in [0.1, 0.15) is 5.78 Å². The Morgan fingerprint density at radius 3 is 2.10 bits per heavy atom. The normalized spacial score (nSPS) is 34.6. The van der Waals surface area contributed by atoms with E-state index in [0.717, 1.165) is 0 Å². The molecular weight excluding hydrogens is 124 g/mol. The van der Waals surface area contributed by atoms with Gasteiger partial charge in [-0.15, -0.1) is 0 Å². The highest BCUT2D eigenvalue weighted by Gasteiger charge is 2.24. The van der Waals surface area contributed by atoms with Crippen LogP contribution in [0.3, 0.4) is 0 Å². The summed E-state index contributed by atoms with van der Waals surface area (Å²) in [7, 11) is 0. The monoisotopic (exact) mass is 138 g/mol. The van der Waals surface area contributed by atoms with E-state index in [-0.39, 0.29) is 0 Å². The molecule has 0 aliphatic heterocycles. The summed E-state index contributed by atoms with van der Waals surface area (Å²) < 4.78 is 0. The molecule has 1 fully saturated rings. The molecule has 0 aromatic heterocycles. The predicted molar refractivity (Wildman–Crippen MR) is 41.7 cm³/mol. The lowest BCUT2D eigenvalue weighted by Crippen LogP contribution is -2.21. The molecule has 0 unspecified atom stereocenters. The topological polar surface area (TPSA) is 17.1 Å². The SMILES string of the molecule is C=C1[C@H](C)CC(=O)C[C@@H]1C. The Bertz CT molecular complexity index is 154. The van der Waals surface area contributed by atoms with Crippen LogP contribution >= 0.6 is 0 Å². The van der Waals surface area contributed by atoms with Crippen LogP contribution in [0.2, 0.25) is 0 Å². The summed E-state index contributed by atoms with van der Waals surface area (Å²) in [4.78, 5) is 11.0. The number of Topliss-reactive ketones (excluding diaryl/α,β-unsaturated/α-hetero) is 1. The third-order valence-corrected chi connectivity index (χ3v) is 2.33. The van der Waals surface area contributed by atoms with Crippen molar-refractivity contribution in [3.8, 4) is 0 Å². The van der Waals surface area contributed by atoms with Crippen molar-refractivity contribution in [2.24, 2.45) is 11.8 Å². The maximum absolute atomic E-state index is 11.0. The molecule has 1 rings (SSSR count). The maximum atomic E-state index is 11.0. The minimum atomic E-state index is 0.396. The van der Waals surface area contributed by atoms with E-state index in [1.54, 1.807) is 0 Å². The Hall–Kier alpha value is -0.590. The fourth-order valence-electron chi connectivity index (χ4n) is 1.51. The molecule has 1 aliphatic carbocycles. The second-order valence-corrected chi connectivity index (χ2v) is 3.32. The van der Waals surface area contributed by atoms with Crippen molar-refractivity contribution < 1.29 is 4.79 Å². The Morgan fingerprint density at radius 2 is 1.70 bits per heavy atom. The summed E-state index contributed by atoms with van der Waals surface area (Å²) in [6.07, 6.45) is 1.42. The van der Waals surface area contributed by atoms with Gasteiger partial charge in [0, 0.05) is 12.8 Å². The lowest BCUT2D eigenvalue weighted by Gasteiger charge is -2.25. The van der Waals surface area contributed by atoms with Crippen molar-refractivity contribution in [1.29, 1.82) is 0 Å². The molecule has 56 valence electrons. The standard InChI is InChI=1S/C9H14O/c1-6-4-9(10)5-7(2)8(6)3/h6-7H,3-5H2,1-2H3/t6-,7+. The van der Waals surface area contributed by atoms with Gasteiger partial charge in [-0.05, 0) is 11.8 Å². The average molecular weight is 138 g/mol. The van der Waals surface area contributed by atoms with Crippen LogP contribution in [0.4, 0.5) is 0 Å². The summed E-state index contributed by atoms with van der Waals surface area (Å²) in [5.41, 5.74) is 1.25. The summed E-state index contributed by atoms with van der Waals surface area (Å²) in [5.74, 6) is 1.22. The number of carbonyl (C=O) groups is 1. The van der Waals surface area contributed by atoms with Gasteiger partial charge < -0.3 is 0 Å². The van der Waals surface area contributed by atoms with Gasteiger partial charge in [-0.3, -0.25) is 4.79 Å². The van der Waals surface area contributed by atoms with E-state index in [2.05, 4.69) is 20.4 Å². The first-order chi connectivity index (χ1) is 4.61. The lowest BCUT2D eigenvalue weighted by atomic mass is 9.79. The van der Waals surface area contributed by atoms with Crippen LogP contribution in [0.5, 0.6) is 0 Å². The highest BCUT2D eigenvalue weighted by atomic mass is 16.1. The second-order valence-electron chi connectivity index (χ2n) is 3.32. The Labute approximate surface area is 62.1 Å². The largest absolute Gasteiger partial charge is 0.300 e. The molecule has 0 aromatic rings. The lowest BCUT2D eigenvalue weighted by molar-refractivity contribution is -0.121. The van der Waals surface area contributed by atoms with Crippen LogP contribution in [-0.4, -0.2) is 5.78 Å². The summed E-state index contributed by atoms with van der Waals surface area (Å²) in [6.45, 7) is 8.12. The predicted octanol–water partition coefficient (Wildman–Crippen LogP) is 2.18. The van der Waals surface area contributed by atoms with Crippen molar-refractivity contribution in [3.63, 3.8) is 0 Å². The van der Waals surface area contributed by atoms with E-state index in [9.17, 15) is 4.79 Å². The minimum absolute atomic E-state index is 0.396. The molecule has 2 atom stereocenters. The molecule has 1 heteroatoms.